The smallest absolute Gasteiger partial charge is 0.260 e. The highest BCUT2D eigenvalue weighted by Gasteiger charge is 2.15. The molecule has 0 aliphatic heterocycles. The van der Waals surface area contributed by atoms with E-state index in [-0.39, 0.29) is 17.3 Å². The molecule has 84 valence electrons. The largest absolute Gasteiger partial charge is 0.385 e. The van der Waals surface area contributed by atoms with E-state index in [1.807, 2.05) is 0 Å². The van der Waals surface area contributed by atoms with Crippen LogP contribution in [0.5, 0.6) is 0 Å². The summed E-state index contributed by atoms with van der Waals surface area (Å²) in [6.45, 7) is 1.45. The van der Waals surface area contributed by atoms with Gasteiger partial charge in [-0.05, 0) is 19.1 Å². The second-order valence-corrected chi connectivity index (χ2v) is 3.26. The van der Waals surface area contributed by atoms with Crippen molar-refractivity contribution in [3.8, 4) is 11.5 Å². The van der Waals surface area contributed by atoms with E-state index in [0.29, 0.717) is 0 Å². The van der Waals surface area contributed by atoms with Crippen LogP contribution in [0.15, 0.2) is 22.7 Å². The van der Waals surface area contributed by atoms with Crippen molar-refractivity contribution in [1.29, 1.82) is 0 Å². The minimum absolute atomic E-state index is 0.000741. The number of aliphatic hydroxyl groups excluding tert-OH is 1. The van der Waals surface area contributed by atoms with Gasteiger partial charge >= 0.3 is 0 Å². The monoisotopic (exact) mass is 226 g/mol. The molecule has 0 bridgehead atoms. The molecule has 2 aromatic rings. The number of aliphatic hydroxyl groups is 1. The Morgan fingerprint density at radius 3 is 2.69 bits per heavy atom. The molecule has 4 nitrogen and oxygen atoms in total. The van der Waals surface area contributed by atoms with Crippen molar-refractivity contribution in [3.63, 3.8) is 0 Å². The van der Waals surface area contributed by atoms with Crippen molar-refractivity contribution >= 4 is 0 Å². The van der Waals surface area contributed by atoms with Gasteiger partial charge in [-0.2, -0.15) is 4.98 Å². The Hall–Kier alpha value is -1.82. The maximum Gasteiger partial charge on any atom is 0.260 e. The van der Waals surface area contributed by atoms with Gasteiger partial charge in [0.15, 0.2) is 5.82 Å². The molecule has 0 amide bonds. The molecule has 0 spiro atoms. The number of halogens is 2. The van der Waals surface area contributed by atoms with E-state index < -0.39 is 17.7 Å². The molecule has 0 saturated carbocycles. The summed E-state index contributed by atoms with van der Waals surface area (Å²) in [7, 11) is 0. The molecule has 1 N–H and O–H groups in total. The number of rotatable bonds is 2. The number of benzene rings is 1. The van der Waals surface area contributed by atoms with Crippen LogP contribution in [0.4, 0.5) is 8.78 Å². The fourth-order valence-corrected chi connectivity index (χ4v) is 1.18. The lowest BCUT2D eigenvalue weighted by atomic mass is 10.2. The van der Waals surface area contributed by atoms with Crippen LogP contribution in [-0.2, 0) is 0 Å². The van der Waals surface area contributed by atoms with Crippen LogP contribution in [0.25, 0.3) is 11.5 Å². The second kappa shape index (κ2) is 3.97. The molecule has 0 radical (unpaired) electrons. The molecule has 16 heavy (non-hydrogen) atoms. The van der Waals surface area contributed by atoms with E-state index >= 15 is 0 Å². The molecule has 0 saturated heterocycles. The van der Waals surface area contributed by atoms with Crippen LogP contribution < -0.4 is 0 Å². The third-order valence-electron chi connectivity index (χ3n) is 1.98. The summed E-state index contributed by atoms with van der Waals surface area (Å²) in [6, 6.07) is 3.01. The first-order chi connectivity index (χ1) is 7.58. The number of nitrogens with zero attached hydrogens (tertiary/aromatic N) is 2. The van der Waals surface area contributed by atoms with E-state index in [1.165, 1.54) is 13.0 Å². The molecule has 1 heterocycles. The Bertz CT molecular complexity index is 511. The van der Waals surface area contributed by atoms with Crippen molar-refractivity contribution in [2.75, 3.05) is 0 Å². The van der Waals surface area contributed by atoms with E-state index in [9.17, 15) is 8.78 Å². The average molecular weight is 226 g/mol. The molecule has 0 aliphatic rings. The summed E-state index contributed by atoms with van der Waals surface area (Å²) < 4.78 is 30.7. The maximum absolute atomic E-state index is 13.3. The first-order valence-corrected chi connectivity index (χ1v) is 4.55. The molecule has 6 heteroatoms. The standard InChI is InChI=1S/C10H8F2N2O2/c1-5(15)9-13-10(16-14-9)7-3-2-6(11)4-8(7)12/h2-5,15H,1H3. The first-order valence-electron chi connectivity index (χ1n) is 4.55. The maximum atomic E-state index is 13.3. The first kappa shape index (κ1) is 10.7. The number of hydrogen-bond donors (Lipinski definition) is 1. The highest BCUT2D eigenvalue weighted by atomic mass is 19.1. The van der Waals surface area contributed by atoms with Gasteiger partial charge in [0.05, 0.1) is 5.56 Å². The Balaban J connectivity index is 2.42. The van der Waals surface area contributed by atoms with Crippen molar-refractivity contribution in [1.82, 2.24) is 10.1 Å². The molecule has 2 rings (SSSR count). The normalized spacial score (nSPS) is 12.8. The minimum atomic E-state index is -0.902. The fraction of sp³-hybridized carbons (Fsp3) is 0.200. The van der Waals surface area contributed by atoms with E-state index in [4.69, 9.17) is 9.63 Å². The van der Waals surface area contributed by atoms with Crippen LogP contribution in [0, 0.1) is 11.6 Å². The Labute approximate surface area is 89.5 Å². The fourth-order valence-electron chi connectivity index (χ4n) is 1.18. The van der Waals surface area contributed by atoms with Gasteiger partial charge in [-0.1, -0.05) is 5.16 Å². The zero-order chi connectivity index (χ0) is 11.7. The van der Waals surface area contributed by atoms with Crippen LogP contribution in [0.2, 0.25) is 0 Å². The molecule has 0 fully saturated rings. The van der Waals surface area contributed by atoms with E-state index in [0.717, 1.165) is 12.1 Å². The van der Waals surface area contributed by atoms with Gasteiger partial charge in [0.1, 0.15) is 17.7 Å². The Kier molecular flexibility index (Phi) is 2.66. The Morgan fingerprint density at radius 2 is 2.12 bits per heavy atom. The molecule has 1 aromatic heterocycles. The van der Waals surface area contributed by atoms with Crippen molar-refractivity contribution in [2.45, 2.75) is 13.0 Å². The number of aromatic nitrogens is 2. The van der Waals surface area contributed by atoms with Gasteiger partial charge in [0, 0.05) is 6.07 Å². The molecular weight excluding hydrogens is 218 g/mol. The van der Waals surface area contributed by atoms with Gasteiger partial charge in [0.25, 0.3) is 5.89 Å². The lowest BCUT2D eigenvalue weighted by Gasteiger charge is -1.96. The van der Waals surface area contributed by atoms with Crippen molar-refractivity contribution in [3.05, 3.63) is 35.7 Å². The SMILES string of the molecule is CC(O)c1noc(-c2ccc(F)cc2F)n1. The number of hydrogen-bond acceptors (Lipinski definition) is 4. The predicted molar refractivity (Wildman–Crippen MR) is 50.3 cm³/mol. The van der Waals surface area contributed by atoms with Gasteiger partial charge in [0.2, 0.25) is 0 Å². The van der Waals surface area contributed by atoms with Gasteiger partial charge in [-0.15, -0.1) is 0 Å². The van der Waals surface area contributed by atoms with Crippen molar-refractivity contribution in [2.24, 2.45) is 0 Å². The summed E-state index contributed by atoms with van der Waals surface area (Å²) in [5.74, 6) is -1.51. The molecule has 1 atom stereocenters. The van der Waals surface area contributed by atoms with Crippen LogP contribution in [0.1, 0.15) is 18.9 Å². The van der Waals surface area contributed by atoms with Gasteiger partial charge in [-0.25, -0.2) is 8.78 Å². The summed E-state index contributed by atoms with van der Waals surface area (Å²) in [6.07, 6.45) is -0.902. The van der Waals surface area contributed by atoms with Crippen LogP contribution in [-0.4, -0.2) is 15.2 Å². The van der Waals surface area contributed by atoms with E-state index in [2.05, 4.69) is 10.1 Å². The quantitative estimate of drug-likeness (QED) is 0.851. The lowest BCUT2D eigenvalue weighted by molar-refractivity contribution is 0.184. The third-order valence-corrected chi connectivity index (χ3v) is 1.98. The molecular formula is C10H8F2N2O2. The molecule has 1 unspecified atom stereocenters. The highest BCUT2D eigenvalue weighted by molar-refractivity contribution is 5.53. The molecule has 1 aromatic carbocycles. The predicted octanol–water partition coefficient (Wildman–Crippen LogP) is 2.07. The Morgan fingerprint density at radius 1 is 1.38 bits per heavy atom. The lowest BCUT2D eigenvalue weighted by Crippen LogP contribution is -1.93. The average Bonchev–Trinajstić information content (AvgIpc) is 2.66. The minimum Gasteiger partial charge on any atom is -0.385 e. The van der Waals surface area contributed by atoms with Gasteiger partial charge < -0.3 is 9.63 Å². The van der Waals surface area contributed by atoms with Crippen LogP contribution in [0.3, 0.4) is 0 Å². The van der Waals surface area contributed by atoms with Crippen molar-refractivity contribution < 1.29 is 18.4 Å². The zero-order valence-corrected chi connectivity index (χ0v) is 8.32. The highest BCUT2D eigenvalue weighted by Crippen LogP contribution is 2.22. The summed E-state index contributed by atoms with van der Waals surface area (Å²) in [4.78, 5) is 3.78. The van der Waals surface area contributed by atoms with Crippen LogP contribution >= 0.6 is 0 Å². The second-order valence-electron chi connectivity index (χ2n) is 3.26. The zero-order valence-electron chi connectivity index (χ0n) is 8.32. The summed E-state index contributed by atoms with van der Waals surface area (Å²) in [5.41, 5.74) is 0.000741. The summed E-state index contributed by atoms with van der Waals surface area (Å²) in [5, 5.41) is 12.6. The third kappa shape index (κ3) is 1.92. The van der Waals surface area contributed by atoms with E-state index in [1.54, 1.807) is 0 Å². The van der Waals surface area contributed by atoms with Gasteiger partial charge in [-0.3, -0.25) is 0 Å². The molecule has 0 aliphatic carbocycles. The summed E-state index contributed by atoms with van der Waals surface area (Å²) >= 11 is 0. The topological polar surface area (TPSA) is 59.2 Å².